The number of hydrogen-bond donors (Lipinski definition) is 2. The van der Waals surface area contributed by atoms with E-state index in [1.807, 2.05) is 0 Å². The van der Waals surface area contributed by atoms with E-state index in [0.29, 0.717) is 31.8 Å². The van der Waals surface area contributed by atoms with E-state index < -0.39 is 52.7 Å². The van der Waals surface area contributed by atoms with Crippen molar-refractivity contribution in [2.75, 3.05) is 24.7 Å². The van der Waals surface area contributed by atoms with Gasteiger partial charge in [-0.2, -0.15) is 13.2 Å². The van der Waals surface area contributed by atoms with Gasteiger partial charge in [-0.1, -0.05) is 6.07 Å². The number of nitrogens with one attached hydrogen (secondary N) is 1. The summed E-state index contributed by atoms with van der Waals surface area (Å²) in [6.07, 6.45) is -1.70. The number of anilines is 1. The molecule has 38 heavy (non-hydrogen) atoms. The Balaban J connectivity index is 1.66. The summed E-state index contributed by atoms with van der Waals surface area (Å²) in [5.74, 6) is -5.82. The number of carbonyl (C=O) groups excluding carboxylic acids is 4. The standard InChI is InChI=1S/C23H20F4N6O5/c1-22(23(25,26)27)20(36)32(17-10-30-15(9-31-17)16-11-38-7-6-29-16)21(37)33(22)18(34)5-3-12-2-4-14(24)13(8-12)19(28)35/h2-5,8-10,16,29H,6-7,11H2,1H3,(H2,28,35)/b5-3+. The number of ether oxygens (including phenoxy) is 1. The molecule has 2 aromatic rings. The van der Waals surface area contributed by atoms with Gasteiger partial charge in [0, 0.05) is 12.6 Å². The van der Waals surface area contributed by atoms with Crippen molar-refractivity contribution in [3.63, 3.8) is 0 Å². The Morgan fingerprint density at radius 1 is 1.24 bits per heavy atom. The number of primary amides is 1. The second kappa shape index (κ2) is 9.90. The first kappa shape index (κ1) is 26.8. The van der Waals surface area contributed by atoms with Crippen LogP contribution >= 0.6 is 0 Å². The molecule has 200 valence electrons. The lowest BCUT2D eigenvalue weighted by Crippen LogP contribution is -2.59. The number of nitrogens with two attached hydrogens (primary N) is 1. The van der Waals surface area contributed by atoms with Crippen molar-refractivity contribution >= 4 is 35.6 Å². The second-order valence-electron chi connectivity index (χ2n) is 8.48. The fourth-order valence-corrected chi connectivity index (χ4v) is 3.92. The third-order valence-corrected chi connectivity index (χ3v) is 6.06. The molecule has 1 aromatic carbocycles. The minimum Gasteiger partial charge on any atom is -0.378 e. The molecule has 0 bridgehead atoms. The first-order chi connectivity index (χ1) is 17.9. The first-order valence-corrected chi connectivity index (χ1v) is 11.1. The minimum atomic E-state index is -5.36. The average molecular weight is 536 g/mol. The van der Waals surface area contributed by atoms with Crippen molar-refractivity contribution in [2.45, 2.75) is 24.7 Å². The fraction of sp³-hybridized carbons (Fsp3) is 0.304. The predicted octanol–water partition coefficient (Wildman–Crippen LogP) is 1.71. The molecule has 4 rings (SSSR count). The maximum absolute atomic E-state index is 14.2. The highest BCUT2D eigenvalue weighted by molar-refractivity contribution is 6.28. The lowest BCUT2D eigenvalue weighted by atomic mass is 9.99. The number of alkyl halides is 3. The van der Waals surface area contributed by atoms with E-state index in [2.05, 4.69) is 15.3 Å². The molecule has 2 atom stereocenters. The number of urea groups is 1. The number of morpholine rings is 1. The Labute approximate surface area is 212 Å². The number of amides is 5. The molecule has 2 fully saturated rings. The van der Waals surface area contributed by atoms with E-state index in [1.165, 1.54) is 6.20 Å². The van der Waals surface area contributed by atoms with Gasteiger partial charge in [-0.05, 0) is 30.7 Å². The number of imide groups is 2. The summed E-state index contributed by atoms with van der Waals surface area (Å²) < 4.78 is 61.5. The third kappa shape index (κ3) is 4.61. The van der Waals surface area contributed by atoms with Gasteiger partial charge in [-0.15, -0.1) is 0 Å². The molecule has 1 aromatic heterocycles. The Morgan fingerprint density at radius 2 is 1.97 bits per heavy atom. The van der Waals surface area contributed by atoms with Crippen molar-refractivity contribution in [1.82, 2.24) is 20.2 Å². The van der Waals surface area contributed by atoms with Crippen LogP contribution in [0.5, 0.6) is 0 Å². The number of aromatic nitrogens is 2. The summed E-state index contributed by atoms with van der Waals surface area (Å²) in [5.41, 5.74) is 1.38. The number of carbonyl (C=O) groups is 4. The summed E-state index contributed by atoms with van der Waals surface area (Å²) in [4.78, 5) is 58.2. The van der Waals surface area contributed by atoms with E-state index in [-0.39, 0.29) is 28.0 Å². The Kier molecular flexibility index (Phi) is 6.99. The van der Waals surface area contributed by atoms with Gasteiger partial charge in [0.1, 0.15) is 5.82 Å². The number of halogens is 4. The monoisotopic (exact) mass is 536 g/mol. The highest BCUT2D eigenvalue weighted by atomic mass is 19.4. The summed E-state index contributed by atoms with van der Waals surface area (Å²) in [6, 6.07) is 1.02. The number of benzene rings is 1. The molecular formula is C23H20F4N6O5. The highest BCUT2D eigenvalue weighted by Crippen LogP contribution is 2.43. The maximum atomic E-state index is 14.2. The lowest BCUT2D eigenvalue weighted by molar-refractivity contribution is -0.209. The SMILES string of the molecule is CC1(C(F)(F)F)C(=O)N(c2cnc(C3COCCN3)cn2)C(=O)N1C(=O)/C=C/c1ccc(F)c(C(N)=O)c1. The number of hydrogen-bond acceptors (Lipinski definition) is 8. The van der Waals surface area contributed by atoms with Gasteiger partial charge >= 0.3 is 12.2 Å². The zero-order chi connectivity index (χ0) is 27.8. The summed E-state index contributed by atoms with van der Waals surface area (Å²) in [5, 5.41) is 3.11. The molecule has 2 aliphatic rings. The van der Waals surface area contributed by atoms with Crippen LogP contribution in [0.25, 0.3) is 6.08 Å². The highest BCUT2D eigenvalue weighted by Gasteiger charge is 2.71. The molecule has 0 aliphatic carbocycles. The fourth-order valence-electron chi connectivity index (χ4n) is 3.92. The molecular weight excluding hydrogens is 516 g/mol. The van der Waals surface area contributed by atoms with Crippen LogP contribution in [0.15, 0.2) is 36.7 Å². The van der Waals surface area contributed by atoms with Crippen molar-refractivity contribution in [3.8, 4) is 0 Å². The molecule has 0 spiro atoms. The summed E-state index contributed by atoms with van der Waals surface area (Å²) in [6.45, 7) is 1.69. The van der Waals surface area contributed by atoms with E-state index in [1.54, 1.807) is 0 Å². The van der Waals surface area contributed by atoms with Gasteiger partial charge in [-0.3, -0.25) is 19.4 Å². The van der Waals surface area contributed by atoms with Crippen LogP contribution in [0.1, 0.15) is 34.6 Å². The van der Waals surface area contributed by atoms with E-state index in [0.717, 1.165) is 30.5 Å². The molecule has 0 radical (unpaired) electrons. The van der Waals surface area contributed by atoms with E-state index >= 15 is 0 Å². The second-order valence-corrected chi connectivity index (χ2v) is 8.48. The minimum absolute atomic E-state index is 0.0267. The number of rotatable bonds is 5. The van der Waals surface area contributed by atoms with Gasteiger partial charge < -0.3 is 15.8 Å². The van der Waals surface area contributed by atoms with Crippen LogP contribution in [-0.2, 0) is 14.3 Å². The first-order valence-electron chi connectivity index (χ1n) is 11.1. The zero-order valence-corrected chi connectivity index (χ0v) is 19.7. The molecule has 0 saturated carbocycles. The van der Waals surface area contributed by atoms with Crippen LogP contribution in [-0.4, -0.2) is 70.1 Å². The van der Waals surface area contributed by atoms with Crippen LogP contribution < -0.4 is 16.0 Å². The van der Waals surface area contributed by atoms with Crippen molar-refractivity contribution in [1.29, 1.82) is 0 Å². The van der Waals surface area contributed by atoms with Gasteiger partial charge in [-0.25, -0.2) is 24.0 Å². The van der Waals surface area contributed by atoms with E-state index in [9.17, 15) is 36.7 Å². The smallest absolute Gasteiger partial charge is 0.378 e. The van der Waals surface area contributed by atoms with Gasteiger partial charge in [0.25, 0.3) is 17.7 Å². The number of nitrogens with zero attached hydrogens (tertiary/aromatic N) is 4. The predicted molar refractivity (Wildman–Crippen MR) is 122 cm³/mol. The van der Waals surface area contributed by atoms with Crippen LogP contribution in [0, 0.1) is 5.82 Å². The molecule has 3 N–H and O–H groups in total. The lowest BCUT2D eigenvalue weighted by Gasteiger charge is -2.31. The van der Waals surface area contributed by atoms with Crippen LogP contribution in [0.3, 0.4) is 0 Å². The topological polar surface area (TPSA) is 148 Å². The molecule has 15 heteroatoms. The third-order valence-electron chi connectivity index (χ3n) is 6.06. The largest absolute Gasteiger partial charge is 0.421 e. The summed E-state index contributed by atoms with van der Waals surface area (Å²) >= 11 is 0. The quantitative estimate of drug-likeness (QED) is 0.334. The molecule has 2 saturated heterocycles. The molecule has 3 heterocycles. The Bertz CT molecular complexity index is 1330. The summed E-state index contributed by atoms with van der Waals surface area (Å²) in [7, 11) is 0. The van der Waals surface area contributed by atoms with Gasteiger partial charge in [0.05, 0.1) is 42.9 Å². The van der Waals surface area contributed by atoms with Crippen molar-refractivity contribution < 1.29 is 41.5 Å². The van der Waals surface area contributed by atoms with Gasteiger partial charge in [0.2, 0.25) is 5.54 Å². The Morgan fingerprint density at radius 3 is 2.55 bits per heavy atom. The van der Waals surface area contributed by atoms with Gasteiger partial charge in [0.15, 0.2) is 5.82 Å². The normalized spacial score (nSPS) is 22.4. The average Bonchev–Trinajstić information content (AvgIpc) is 3.09. The van der Waals surface area contributed by atoms with Crippen molar-refractivity contribution in [2.24, 2.45) is 5.73 Å². The van der Waals surface area contributed by atoms with Crippen LogP contribution in [0.4, 0.5) is 28.2 Å². The van der Waals surface area contributed by atoms with Crippen molar-refractivity contribution in [3.05, 3.63) is 59.3 Å². The molecule has 11 nitrogen and oxygen atoms in total. The Hall–Kier alpha value is -4.24. The van der Waals surface area contributed by atoms with Crippen LogP contribution in [0.2, 0.25) is 0 Å². The molecule has 5 amide bonds. The molecule has 2 unspecified atom stereocenters. The zero-order valence-electron chi connectivity index (χ0n) is 19.7. The van der Waals surface area contributed by atoms with E-state index in [4.69, 9.17) is 10.5 Å². The molecule has 2 aliphatic heterocycles. The maximum Gasteiger partial charge on any atom is 0.421 e.